The number of carbonyl (C=O) groups is 2. The zero-order chi connectivity index (χ0) is 15.6. The number of ether oxygens (including phenoxy) is 2. The first-order valence-electron chi connectivity index (χ1n) is 6.09. The Balaban J connectivity index is 2.38. The molecule has 0 radical (unpaired) electrons. The highest BCUT2D eigenvalue weighted by molar-refractivity contribution is 8.00. The lowest BCUT2D eigenvalue weighted by Gasteiger charge is -2.12. The molecular weight excluding hydrogens is 302 g/mol. The molecule has 1 aromatic rings. The molecule has 2 rings (SSSR count). The fraction of sp³-hybridized carbons (Fsp3) is 0.636. The van der Waals surface area contributed by atoms with Crippen LogP contribution in [0.25, 0.3) is 0 Å². The smallest absolute Gasteiger partial charge is 0.361 e. The van der Waals surface area contributed by atoms with E-state index in [1.807, 2.05) is 0 Å². The van der Waals surface area contributed by atoms with Gasteiger partial charge in [0.15, 0.2) is 5.69 Å². The topological polar surface area (TPSA) is 124 Å². The number of aliphatic hydroxyl groups is 2. The van der Waals surface area contributed by atoms with Crippen LogP contribution in [0.4, 0.5) is 0 Å². The van der Waals surface area contributed by atoms with Crippen LogP contribution in [-0.4, -0.2) is 69.3 Å². The zero-order valence-electron chi connectivity index (χ0n) is 11.4. The molecule has 21 heavy (non-hydrogen) atoms. The average molecular weight is 317 g/mol. The third-order valence-electron chi connectivity index (χ3n) is 3.11. The molecule has 0 bridgehead atoms. The molecule has 0 aromatic carbocycles. The highest BCUT2D eigenvalue weighted by Crippen LogP contribution is 2.41. The van der Waals surface area contributed by atoms with Crippen molar-refractivity contribution >= 4 is 23.7 Å². The number of nitrogens with zero attached hydrogens (tertiary/aromatic N) is 3. The Bertz CT molecular complexity index is 548. The van der Waals surface area contributed by atoms with Crippen molar-refractivity contribution in [3.63, 3.8) is 0 Å². The standard InChI is InChI=1S/C11H15N3O6S/c1-19-10(17)8-9(11(18)20-2)14(13-12-8)7-3-5(16)6(4-15)21-7/h5-7,15-16H,3-4H2,1-2H3/t5-,6+,7+/m0/s1. The van der Waals surface area contributed by atoms with E-state index in [4.69, 9.17) is 5.11 Å². The summed E-state index contributed by atoms with van der Waals surface area (Å²) in [6.07, 6.45) is -0.467. The fourth-order valence-electron chi connectivity index (χ4n) is 2.04. The van der Waals surface area contributed by atoms with Crippen LogP contribution in [0.15, 0.2) is 0 Å². The van der Waals surface area contributed by atoms with Gasteiger partial charge in [-0.3, -0.25) is 0 Å². The molecule has 2 N–H and O–H groups in total. The Morgan fingerprint density at radius 2 is 2.05 bits per heavy atom. The van der Waals surface area contributed by atoms with E-state index in [1.54, 1.807) is 0 Å². The second-order valence-corrected chi connectivity index (χ2v) is 5.75. The molecule has 0 unspecified atom stereocenters. The van der Waals surface area contributed by atoms with Gasteiger partial charge in [-0.05, 0) is 0 Å². The number of esters is 2. The Hall–Kier alpha value is -1.65. The first kappa shape index (κ1) is 15.7. The minimum Gasteiger partial charge on any atom is -0.464 e. The van der Waals surface area contributed by atoms with Crippen LogP contribution in [0, 0.1) is 0 Å². The lowest BCUT2D eigenvalue weighted by atomic mass is 10.2. The molecule has 1 saturated heterocycles. The first-order valence-corrected chi connectivity index (χ1v) is 7.04. The lowest BCUT2D eigenvalue weighted by Crippen LogP contribution is -2.20. The summed E-state index contributed by atoms with van der Waals surface area (Å²) in [6.45, 7) is -0.200. The van der Waals surface area contributed by atoms with Gasteiger partial charge >= 0.3 is 11.9 Å². The van der Waals surface area contributed by atoms with Crippen molar-refractivity contribution in [2.75, 3.05) is 20.8 Å². The Labute approximate surface area is 124 Å². The van der Waals surface area contributed by atoms with Gasteiger partial charge in [0, 0.05) is 6.42 Å². The summed E-state index contributed by atoms with van der Waals surface area (Å²) in [5.74, 6) is -1.58. The van der Waals surface area contributed by atoms with Crippen LogP contribution >= 0.6 is 11.8 Å². The largest absolute Gasteiger partial charge is 0.464 e. The number of carbonyl (C=O) groups excluding carboxylic acids is 2. The minimum atomic E-state index is -0.802. The second kappa shape index (κ2) is 6.41. The van der Waals surface area contributed by atoms with Crippen molar-refractivity contribution in [3.8, 4) is 0 Å². The second-order valence-electron chi connectivity index (χ2n) is 4.33. The molecule has 0 aliphatic carbocycles. The summed E-state index contributed by atoms with van der Waals surface area (Å²) in [5, 5.41) is 25.6. The molecular formula is C11H15N3O6S. The zero-order valence-corrected chi connectivity index (χ0v) is 12.2. The number of aliphatic hydroxyl groups excluding tert-OH is 2. The molecule has 116 valence electrons. The maximum Gasteiger partial charge on any atom is 0.361 e. The predicted molar refractivity (Wildman–Crippen MR) is 70.8 cm³/mol. The van der Waals surface area contributed by atoms with Crippen molar-refractivity contribution in [1.29, 1.82) is 0 Å². The van der Waals surface area contributed by atoms with Gasteiger partial charge in [0.25, 0.3) is 0 Å². The van der Waals surface area contributed by atoms with E-state index < -0.39 is 23.4 Å². The molecule has 10 heteroatoms. The monoisotopic (exact) mass is 317 g/mol. The summed E-state index contributed by atoms with van der Waals surface area (Å²) in [4.78, 5) is 23.5. The molecule has 9 nitrogen and oxygen atoms in total. The molecule has 2 heterocycles. The number of thioether (sulfide) groups is 1. The van der Waals surface area contributed by atoms with E-state index in [2.05, 4.69) is 19.8 Å². The number of aromatic nitrogens is 3. The molecule has 1 fully saturated rings. The first-order chi connectivity index (χ1) is 10.0. The van der Waals surface area contributed by atoms with Crippen molar-refractivity contribution in [2.24, 2.45) is 0 Å². The van der Waals surface area contributed by atoms with E-state index in [0.717, 1.165) is 7.11 Å². The van der Waals surface area contributed by atoms with Crippen LogP contribution in [0.3, 0.4) is 0 Å². The summed E-state index contributed by atoms with van der Waals surface area (Å²) in [5.41, 5.74) is -0.375. The maximum atomic E-state index is 11.9. The highest BCUT2D eigenvalue weighted by Gasteiger charge is 2.38. The molecule has 0 spiro atoms. The number of methoxy groups -OCH3 is 2. The molecule has 3 atom stereocenters. The maximum absolute atomic E-state index is 11.9. The lowest BCUT2D eigenvalue weighted by molar-refractivity contribution is 0.0542. The third-order valence-corrected chi connectivity index (χ3v) is 4.63. The van der Waals surface area contributed by atoms with E-state index in [9.17, 15) is 14.7 Å². The SMILES string of the molecule is COC(=O)c1nnn([C@H]2C[C@H](O)[C@@H](CO)S2)c1C(=O)OC. The molecule has 1 aliphatic heterocycles. The Morgan fingerprint density at radius 1 is 1.38 bits per heavy atom. The van der Waals surface area contributed by atoms with Crippen molar-refractivity contribution in [2.45, 2.75) is 23.1 Å². The summed E-state index contributed by atoms with van der Waals surface area (Å²) >= 11 is 1.25. The van der Waals surface area contributed by atoms with Gasteiger partial charge in [-0.15, -0.1) is 16.9 Å². The Kier molecular flexibility index (Phi) is 4.80. The summed E-state index contributed by atoms with van der Waals surface area (Å²) in [6, 6.07) is 0. The van der Waals surface area contributed by atoms with E-state index in [-0.39, 0.29) is 29.7 Å². The minimum absolute atomic E-state index is 0.132. The van der Waals surface area contributed by atoms with Crippen molar-refractivity contribution in [3.05, 3.63) is 11.4 Å². The summed E-state index contributed by atoms with van der Waals surface area (Å²) in [7, 11) is 2.34. The van der Waals surface area contributed by atoms with Crippen molar-refractivity contribution in [1.82, 2.24) is 15.0 Å². The van der Waals surface area contributed by atoms with Gasteiger partial charge in [0.1, 0.15) is 5.37 Å². The fourth-order valence-corrected chi connectivity index (χ4v) is 3.40. The quantitative estimate of drug-likeness (QED) is 0.687. The number of hydrogen-bond donors (Lipinski definition) is 2. The third kappa shape index (κ3) is 2.87. The highest BCUT2D eigenvalue weighted by atomic mass is 32.2. The van der Waals surface area contributed by atoms with Gasteiger partial charge in [-0.25, -0.2) is 14.3 Å². The molecule has 0 saturated carbocycles. The van der Waals surface area contributed by atoms with E-state index in [0.29, 0.717) is 0 Å². The van der Waals surface area contributed by atoms with Gasteiger partial charge in [-0.1, -0.05) is 5.21 Å². The van der Waals surface area contributed by atoms with Gasteiger partial charge in [0.05, 0.1) is 32.2 Å². The van der Waals surface area contributed by atoms with Gasteiger partial charge < -0.3 is 19.7 Å². The van der Waals surface area contributed by atoms with Crippen LogP contribution in [0.1, 0.15) is 32.8 Å². The van der Waals surface area contributed by atoms with Crippen LogP contribution in [0.5, 0.6) is 0 Å². The average Bonchev–Trinajstić information content (AvgIpc) is 3.08. The van der Waals surface area contributed by atoms with Gasteiger partial charge in [-0.2, -0.15) is 0 Å². The number of rotatable bonds is 4. The van der Waals surface area contributed by atoms with Gasteiger partial charge in [0.2, 0.25) is 5.69 Å². The number of hydrogen-bond acceptors (Lipinski definition) is 9. The molecule has 1 aliphatic rings. The van der Waals surface area contributed by atoms with Crippen LogP contribution in [0.2, 0.25) is 0 Å². The summed E-state index contributed by atoms with van der Waals surface area (Å²) < 4.78 is 10.4. The predicted octanol–water partition coefficient (Wildman–Crippen LogP) is -0.791. The van der Waals surface area contributed by atoms with Crippen LogP contribution < -0.4 is 0 Å². The molecule has 0 amide bonds. The Morgan fingerprint density at radius 3 is 2.57 bits per heavy atom. The normalized spacial score (nSPS) is 24.9. The molecule has 1 aromatic heterocycles. The van der Waals surface area contributed by atoms with E-state index in [1.165, 1.54) is 23.6 Å². The van der Waals surface area contributed by atoms with Crippen molar-refractivity contribution < 1.29 is 29.3 Å². The van der Waals surface area contributed by atoms with E-state index >= 15 is 0 Å². The van der Waals surface area contributed by atoms with Crippen LogP contribution in [-0.2, 0) is 9.47 Å².